The molecular formula is C31H54O2. The summed E-state index contributed by atoms with van der Waals surface area (Å²) in [5, 5.41) is 0. The quantitative estimate of drug-likeness (QED) is 0.255. The highest BCUT2D eigenvalue weighted by molar-refractivity contribution is 5.24. The van der Waals surface area contributed by atoms with Crippen molar-refractivity contribution in [3.05, 3.63) is 0 Å². The summed E-state index contributed by atoms with van der Waals surface area (Å²) in [4.78, 5) is 0. The fourth-order valence-electron chi connectivity index (χ4n) is 10.2. The van der Waals surface area contributed by atoms with Crippen LogP contribution in [0.25, 0.3) is 0 Å². The molecule has 1 aliphatic heterocycles. The Labute approximate surface area is 205 Å². The zero-order chi connectivity index (χ0) is 23.4. The Morgan fingerprint density at radius 1 is 0.939 bits per heavy atom. The van der Waals surface area contributed by atoms with Gasteiger partial charge in [-0.05, 0) is 92.3 Å². The Morgan fingerprint density at radius 3 is 2.52 bits per heavy atom. The lowest BCUT2D eigenvalue weighted by atomic mass is 9.44. The molecular weight excluding hydrogens is 404 g/mol. The van der Waals surface area contributed by atoms with Crippen LogP contribution in [0.3, 0.4) is 0 Å². The fourth-order valence-corrected chi connectivity index (χ4v) is 10.2. The Kier molecular flexibility index (Phi) is 6.78. The molecule has 1 saturated heterocycles. The zero-order valence-electron chi connectivity index (χ0n) is 22.8. The van der Waals surface area contributed by atoms with Gasteiger partial charge in [-0.25, -0.2) is 0 Å². The molecule has 5 aliphatic rings. The second-order valence-corrected chi connectivity index (χ2v) is 14.1. The predicted octanol–water partition coefficient (Wildman–Crippen LogP) is 8.42. The van der Waals surface area contributed by atoms with Crippen LogP contribution < -0.4 is 0 Å². The fraction of sp³-hybridized carbons (Fsp3) is 1.00. The van der Waals surface area contributed by atoms with Crippen molar-refractivity contribution >= 4 is 0 Å². The minimum atomic E-state index is 0.166. The van der Waals surface area contributed by atoms with Gasteiger partial charge in [-0.1, -0.05) is 67.2 Å². The van der Waals surface area contributed by atoms with Gasteiger partial charge in [0.05, 0.1) is 12.2 Å². The number of hydrogen-bond donors (Lipinski definition) is 0. The van der Waals surface area contributed by atoms with Crippen molar-refractivity contribution in [3.63, 3.8) is 0 Å². The first kappa shape index (κ1) is 24.6. The second-order valence-electron chi connectivity index (χ2n) is 14.1. The van der Waals surface area contributed by atoms with E-state index >= 15 is 0 Å². The molecule has 5 fully saturated rings. The van der Waals surface area contributed by atoms with Crippen LogP contribution >= 0.6 is 0 Å². The van der Waals surface area contributed by atoms with Crippen LogP contribution in [-0.2, 0) is 9.47 Å². The third-order valence-electron chi connectivity index (χ3n) is 12.1. The maximum absolute atomic E-state index is 6.75. The molecule has 0 bridgehead atoms. The first-order valence-electron chi connectivity index (χ1n) is 15.0. The lowest BCUT2D eigenvalue weighted by Crippen LogP contribution is -2.58. The average Bonchev–Trinajstić information content (AvgIpc) is 3.34. The van der Waals surface area contributed by atoms with Crippen LogP contribution in [0.4, 0.5) is 0 Å². The predicted molar refractivity (Wildman–Crippen MR) is 137 cm³/mol. The van der Waals surface area contributed by atoms with Crippen molar-refractivity contribution in [2.75, 3.05) is 6.61 Å². The van der Waals surface area contributed by atoms with E-state index in [4.69, 9.17) is 9.47 Å². The summed E-state index contributed by atoms with van der Waals surface area (Å²) in [5.74, 6) is 5.47. The van der Waals surface area contributed by atoms with E-state index < -0.39 is 0 Å². The van der Waals surface area contributed by atoms with E-state index in [-0.39, 0.29) is 5.60 Å². The molecule has 1 heterocycles. The van der Waals surface area contributed by atoms with Crippen LogP contribution in [0, 0.1) is 46.3 Å². The van der Waals surface area contributed by atoms with E-state index in [9.17, 15) is 0 Å². The van der Waals surface area contributed by atoms with Crippen LogP contribution in [0.2, 0.25) is 0 Å². The molecule has 0 N–H and O–H groups in total. The van der Waals surface area contributed by atoms with Crippen LogP contribution in [0.15, 0.2) is 0 Å². The summed E-state index contributed by atoms with van der Waals surface area (Å²) in [6.45, 7) is 15.9. The molecule has 1 spiro atoms. The average molecular weight is 459 g/mol. The molecule has 0 unspecified atom stereocenters. The molecule has 0 radical (unpaired) electrons. The topological polar surface area (TPSA) is 21.8 Å². The number of epoxide rings is 1. The first-order valence-corrected chi connectivity index (χ1v) is 15.0. The molecule has 10 atom stereocenters. The van der Waals surface area contributed by atoms with E-state index in [0.29, 0.717) is 23.0 Å². The molecule has 0 aromatic carbocycles. The van der Waals surface area contributed by atoms with Crippen molar-refractivity contribution in [2.24, 2.45) is 46.3 Å². The van der Waals surface area contributed by atoms with Gasteiger partial charge in [-0.3, -0.25) is 0 Å². The maximum Gasteiger partial charge on any atom is 0.103 e. The molecule has 33 heavy (non-hydrogen) atoms. The second kappa shape index (κ2) is 9.10. The number of rotatable bonds is 9. The minimum absolute atomic E-state index is 0.166. The highest BCUT2D eigenvalue weighted by Gasteiger charge is 2.76. The molecule has 4 aliphatic carbocycles. The number of hydrogen-bond acceptors (Lipinski definition) is 2. The van der Waals surface area contributed by atoms with Crippen molar-refractivity contribution in [2.45, 2.75) is 143 Å². The van der Waals surface area contributed by atoms with Crippen LogP contribution in [0.1, 0.15) is 125 Å². The van der Waals surface area contributed by atoms with Gasteiger partial charge in [0.15, 0.2) is 0 Å². The molecule has 5 rings (SSSR count). The Balaban J connectivity index is 1.27. The molecule has 2 nitrogen and oxygen atoms in total. The molecule has 2 heteroatoms. The van der Waals surface area contributed by atoms with Crippen molar-refractivity contribution in [1.29, 1.82) is 0 Å². The lowest BCUT2D eigenvalue weighted by Gasteiger charge is -2.59. The van der Waals surface area contributed by atoms with E-state index in [0.717, 1.165) is 42.1 Å². The zero-order valence-corrected chi connectivity index (χ0v) is 22.8. The lowest BCUT2D eigenvalue weighted by molar-refractivity contribution is -0.125. The number of fused-ring (bicyclic) bond motifs is 4. The van der Waals surface area contributed by atoms with E-state index in [1.54, 1.807) is 0 Å². The summed E-state index contributed by atoms with van der Waals surface area (Å²) in [6, 6.07) is 0. The van der Waals surface area contributed by atoms with Crippen molar-refractivity contribution < 1.29 is 9.47 Å². The van der Waals surface area contributed by atoms with E-state index in [2.05, 4.69) is 41.5 Å². The smallest absolute Gasteiger partial charge is 0.103 e. The Morgan fingerprint density at radius 2 is 1.76 bits per heavy atom. The molecule has 0 aromatic heterocycles. The summed E-state index contributed by atoms with van der Waals surface area (Å²) >= 11 is 0. The third-order valence-corrected chi connectivity index (χ3v) is 12.1. The van der Waals surface area contributed by atoms with Gasteiger partial charge in [0, 0.05) is 18.4 Å². The summed E-state index contributed by atoms with van der Waals surface area (Å²) in [6.07, 6.45) is 18.8. The van der Waals surface area contributed by atoms with Crippen LogP contribution in [0.5, 0.6) is 0 Å². The van der Waals surface area contributed by atoms with Gasteiger partial charge < -0.3 is 9.47 Å². The normalized spacial score (nSPS) is 49.2. The monoisotopic (exact) mass is 458 g/mol. The Hall–Kier alpha value is -0.0800. The van der Waals surface area contributed by atoms with Crippen molar-refractivity contribution in [3.8, 4) is 0 Å². The Bertz CT molecular complexity index is 688. The molecule has 0 amide bonds. The largest absolute Gasteiger partial charge is 0.378 e. The van der Waals surface area contributed by atoms with Gasteiger partial charge >= 0.3 is 0 Å². The minimum Gasteiger partial charge on any atom is -0.378 e. The van der Waals surface area contributed by atoms with Gasteiger partial charge in [0.25, 0.3) is 0 Å². The van der Waals surface area contributed by atoms with Crippen molar-refractivity contribution in [1.82, 2.24) is 0 Å². The standard InChI is InChI=1S/C31H54O2/c1-7-8-18-32-23-14-17-30(6)27-15-16-29(5)25(22(4)11-9-10-21(2)3)12-13-26(29)24(27)19-28-31(30,20-23)33-28/h21-28H,7-20H2,1-6H3/t22-,23+,24+,25-,26+,27+,28+,29-,30-,31+/m1/s1. The SMILES string of the molecule is CCCCO[C@H]1CC[C@]2(C)[C@H]3CC[C@]4(C)[C@@H]([C@H](C)CCCC(C)C)CC[C@H]4[C@@H]3C[C@@H]3O[C@@]32C1. The van der Waals surface area contributed by atoms with Gasteiger partial charge in [-0.15, -0.1) is 0 Å². The molecule has 4 saturated carbocycles. The summed E-state index contributed by atoms with van der Waals surface area (Å²) < 4.78 is 13.1. The molecule has 190 valence electrons. The summed E-state index contributed by atoms with van der Waals surface area (Å²) in [5.41, 5.74) is 1.15. The van der Waals surface area contributed by atoms with E-state index in [1.807, 2.05) is 0 Å². The number of ether oxygens (including phenoxy) is 2. The van der Waals surface area contributed by atoms with Gasteiger partial charge in [0.1, 0.15) is 5.60 Å². The molecule has 0 aromatic rings. The third kappa shape index (κ3) is 3.96. The van der Waals surface area contributed by atoms with E-state index in [1.165, 1.54) is 83.5 Å². The highest BCUT2D eigenvalue weighted by atomic mass is 16.6. The van der Waals surface area contributed by atoms with Gasteiger partial charge in [0.2, 0.25) is 0 Å². The highest BCUT2D eigenvalue weighted by Crippen LogP contribution is 2.74. The van der Waals surface area contributed by atoms with Crippen LogP contribution in [-0.4, -0.2) is 24.4 Å². The maximum atomic E-state index is 6.75. The number of unbranched alkanes of at least 4 members (excludes halogenated alkanes) is 1. The first-order chi connectivity index (χ1) is 15.7. The summed E-state index contributed by atoms with van der Waals surface area (Å²) in [7, 11) is 0. The van der Waals surface area contributed by atoms with Gasteiger partial charge in [-0.2, -0.15) is 0 Å².